The molecule has 1 heterocycles. The lowest BCUT2D eigenvalue weighted by atomic mass is 10.2. The third-order valence-corrected chi connectivity index (χ3v) is 3.02. The second kappa shape index (κ2) is 6.19. The highest BCUT2D eigenvalue weighted by atomic mass is 35.5. The third-order valence-electron chi connectivity index (χ3n) is 2.71. The molecule has 0 radical (unpaired) electrons. The van der Waals surface area contributed by atoms with Crippen LogP contribution in [-0.4, -0.2) is 15.8 Å². The van der Waals surface area contributed by atoms with Gasteiger partial charge in [0.15, 0.2) is 0 Å². The molecule has 1 aromatic heterocycles. The molecule has 2 aromatic rings. The van der Waals surface area contributed by atoms with Gasteiger partial charge in [-0.25, -0.2) is 4.98 Å². The fraction of sp³-hybridized carbons (Fsp3) is 0.0769. The molecule has 3 N–H and O–H groups in total. The normalized spacial score (nSPS) is 10.1. The fourth-order valence-electron chi connectivity index (χ4n) is 1.71. The number of pyridine rings is 1. The summed E-state index contributed by atoms with van der Waals surface area (Å²) in [6.07, 6.45) is 0. The minimum Gasteiger partial charge on any atom is -0.384 e. The number of nitro benzene ring substituents is 1. The van der Waals surface area contributed by atoms with Crippen molar-refractivity contribution in [1.82, 2.24) is 10.3 Å². The van der Waals surface area contributed by atoms with Crippen LogP contribution in [0.25, 0.3) is 0 Å². The first-order valence-electron chi connectivity index (χ1n) is 5.91. The van der Waals surface area contributed by atoms with E-state index < -0.39 is 10.8 Å². The Kier molecular flexibility index (Phi) is 4.34. The van der Waals surface area contributed by atoms with Gasteiger partial charge in [-0.15, -0.1) is 0 Å². The van der Waals surface area contributed by atoms with Gasteiger partial charge in [-0.3, -0.25) is 14.9 Å². The topological polar surface area (TPSA) is 111 Å². The number of anilines is 1. The summed E-state index contributed by atoms with van der Waals surface area (Å²) in [5, 5.41) is 13.6. The smallest absolute Gasteiger partial charge is 0.274 e. The van der Waals surface area contributed by atoms with E-state index in [9.17, 15) is 14.9 Å². The number of nitro groups is 1. The summed E-state index contributed by atoms with van der Waals surface area (Å²) in [6, 6.07) is 9.07. The average molecular weight is 307 g/mol. The summed E-state index contributed by atoms with van der Waals surface area (Å²) >= 11 is 5.87. The lowest BCUT2D eigenvalue weighted by Crippen LogP contribution is -2.24. The lowest BCUT2D eigenvalue weighted by Gasteiger charge is -2.07. The van der Waals surface area contributed by atoms with Gasteiger partial charge in [0.05, 0.1) is 9.95 Å². The van der Waals surface area contributed by atoms with E-state index in [0.29, 0.717) is 5.56 Å². The largest absolute Gasteiger partial charge is 0.384 e. The SMILES string of the molecule is Nc1ccc(Cl)c(C(=O)NCc2ccccc2[N+](=O)[O-])n1. The minimum atomic E-state index is -0.551. The molecule has 0 fully saturated rings. The van der Waals surface area contributed by atoms with Gasteiger partial charge in [-0.05, 0) is 12.1 Å². The molecule has 0 unspecified atom stereocenters. The van der Waals surface area contributed by atoms with E-state index in [1.165, 1.54) is 18.2 Å². The molecule has 2 rings (SSSR count). The van der Waals surface area contributed by atoms with Gasteiger partial charge in [0.2, 0.25) is 0 Å². The van der Waals surface area contributed by atoms with Crippen molar-refractivity contribution in [3.8, 4) is 0 Å². The van der Waals surface area contributed by atoms with Gasteiger partial charge in [-0.2, -0.15) is 0 Å². The second-order valence-electron chi connectivity index (χ2n) is 4.14. The van der Waals surface area contributed by atoms with Gasteiger partial charge in [0, 0.05) is 18.2 Å². The number of carbonyl (C=O) groups is 1. The summed E-state index contributed by atoms with van der Waals surface area (Å²) in [5.41, 5.74) is 5.80. The van der Waals surface area contributed by atoms with E-state index in [4.69, 9.17) is 17.3 Å². The maximum absolute atomic E-state index is 12.0. The summed E-state index contributed by atoms with van der Waals surface area (Å²) in [5.74, 6) is -0.388. The first-order chi connectivity index (χ1) is 9.99. The predicted molar refractivity (Wildman–Crippen MR) is 77.9 cm³/mol. The number of hydrogen-bond donors (Lipinski definition) is 2. The average Bonchev–Trinajstić information content (AvgIpc) is 2.47. The molecule has 0 aliphatic heterocycles. The van der Waals surface area contributed by atoms with Crippen LogP contribution in [0.2, 0.25) is 5.02 Å². The van der Waals surface area contributed by atoms with Crippen molar-refractivity contribution in [3.63, 3.8) is 0 Å². The summed E-state index contributed by atoms with van der Waals surface area (Å²) in [6.45, 7) is -0.0111. The number of amides is 1. The number of rotatable bonds is 4. The van der Waals surface area contributed by atoms with Crippen molar-refractivity contribution < 1.29 is 9.72 Å². The first-order valence-corrected chi connectivity index (χ1v) is 6.29. The van der Waals surface area contributed by atoms with Crippen molar-refractivity contribution in [2.45, 2.75) is 6.54 Å². The molecular weight excluding hydrogens is 296 g/mol. The van der Waals surface area contributed by atoms with E-state index in [-0.39, 0.29) is 28.8 Å². The zero-order valence-corrected chi connectivity index (χ0v) is 11.5. The lowest BCUT2D eigenvalue weighted by molar-refractivity contribution is -0.385. The van der Waals surface area contributed by atoms with Crippen LogP contribution in [0.3, 0.4) is 0 Å². The molecule has 0 saturated heterocycles. The molecule has 0 aliphatic carbocycles. The Morgan fingerprint density at radius 3 is 2.76 bits per heavy atom. The molecule has 108 valence electrons. The Labute approximate surface area is 124 Å². The molecule has 0 bridgehead atoms. The summed E-state index contributed by atoms with van der Waals surface area (Å²) < 4.78 is 0. The van der Waals surface area contributed by atoms with Gasteiger partial charge >= 0.3 is 0 Å². The summed E-state index contributed by atoms with van der Waals surface area (Å²) in [7, 11) is 0. The number of aromatic nitrogens is 1. The van der Waals surface area contributed by atoms with Crippen LogP contribution in [0.5, 0.6) is 0 Å². The fourth-order valence-corrected chi connectivity index (χ4v) is 1.91. The number of para-hydroxylation sites is 1. The van der Waals surface area contributed by atoms with Gasteiger partial charge < -0.3 is 11.1 Å². The highest BCUT2D eigenvalue weighted by Gasteiger charge is 2.16. The van der Waals surface area contributed by atoms with Crippen molar-refractivity contribution in [2.24, 2.45) is 0 Å². The molecule has 0 spiro atoms. The van der Waals surface area contributed by atoms with E-state index in [0.717, 1.165) is 0 Å². The van der Waals surface area contributed by atoms with E-state index in [1.807, 2.05) is 0 Å². The van der Waals surface area contributed by atoms with Crippen LogP contribution in [0.1, 0.15) is 16.1 Å². The zero-order valence-electron chi connectivity index (χ0n) is 10.7. The van der Waals surface area contributed by atoms with Crippen LogP contribution in [0.4, 0.5) is 11.5 Å². The van der Waals surface area contributed by atoms with Crippen LogP contribution < -0.4 is 11.1 Å². The molecule has 1 aromatic carbocycles. The van der Waals surface area contributed by atoms with E-state index in [2.05, 4.69) is 10.3 Å². The Hall–Kier alpha value is -2.67. The maximum Gasteiger partial charge on any atom is 0.274 e. The number of benzene rings is 1. The zero-order chi connectivity index (χ0) is 15.4. The quantitative estimate of drug-likeness (QED) is 0.664. The van der Waals surface area contributed by atoms with Gasteiger partial charge in [0.1, 0.15) is 11.5 Å². The third kappa shape index (κ3) is 3.46. The number of nitrogens with one attached hydrogen (secondary N) is 1. The number of hydrogen-bond acceptors (Lipinski definition) is 5. The number of nitrogens with two attached hydrogens (primary N) is 1. The van der Waals surface area contributed by atoms with E-state index >= 15 is 0 Å². The minimum absolute atomic E-state index is 0.0111. The highest BCUT2D eigenvalue weighted by Crippen LogP contribution is 2.18. The second-order valence-corrected chi connectivity index (χ2v) is 4.54. The molecule has 0 aliphatic rings. The van der Waals surface area contributed by atoms with Gasteiger partial charge in [0.25, 0.3) is 11.6 Å². The molecule has 0 atom stereocenters. The molecule has 8 heteroatoms. The Balaban J connectivity index is 2.15. The van der Waals surface area contributed by atoms with Crippen LogP contribution in [0, 0.1) is 10.1 Å². The van der Waals surface area contributed by atoms with Gasteiger partial charge in [-0.1, -0.05) is 29.8 Å². The molecule has 21 heavy (non-hydrogen) atoms. The van der Waals surface area contributed by atoms with Crippen molar-refractivity contribution in [2.75, 3.05) is 5.73 Å². The predicted octanol–water partition coefficient (Wildman–Crippen LogP) is 2.16. The van der Waals surface area contributed by atoms with Crippen LogP contribution in [0.15, 0.2) is 36.4 Å². The van der Waals surface area contributed by atoms with Crippen molar-refractivity contribution >= 4 is 29.0 Å². The van der Waals surface area contributed by atoms with Crippen LogP contribution >= 0.6 is 11.6 Å². The number of nitrogens with zero attached hydrogens (tertiary/aromatic N) is 2. The number of carbonyl (C=O) groups excluding carboxylic acids is 1. The monoisotopic (exact) mass is 306 g/mol. The standard InChI is InChI=1S/C13H11ClN4O3/c14-9-5-6-11(15)17-12(9)13(19)16-7-8-3-1-2-4-10(8)18(20)21/h1-6H,7H2,(H2,15,17)(H,16,19). The van der Waals surface area contributed by atoms with E-state index in [1.54, 1.807) is 18.2 Å². The number of halogens is 1. The van der Waals surface area contributed by atoms with Crippen molar-refractivity contribution in [1.29, 1.82) is 0 Å². The maximum atomic E-state index is 12.0. The Morgan fingerprint density at radius 1 is 1.33 bits per heavy atom. The summed E-state index contributed by atoms with van der Waals surface area (Å²) in [4.78, 5) is 26.2. The molecule has 7 nitrogen and oxygen atoms in total. The first kappa shape index (κ1) is 14.7. The number of nitrogen functional groups attached to an aromatic ring is 1. The Bertz CT molecular complexity index is 706. The molecular formula is C13H11ClN4O3. The van der Waals surface area contributed by atoms with Crippen LogP contribution in [-0.2, 0) is 6.54 Å². The highest BCUT2D eigenvalue weighted by molar-refractivity contribution is 6.33. The molecule has 1 amide bonds. The van der Waals surface area contributed by atoms with Crippen molar-refractivity contribution in [3.05, 3.63) is 62.8 Å². The Morgan fingerprint density at radius 2 is 2.05 bits per heavy atom. The molecule has 0 saturated carbocycles.